The molecule has 1 fully saturated rings. The SMILES string of the molecule is C1CNCCN1.c1ccc2[nH]ncc2c1. The summed E-state index contributed by atoms with van der Waals surface area (Å²) in [4.78, 5) is 0. The lowest BCUT2D eigenvalue weighted by Crippen LogP contribution is -2.39. The maximum Gasteiger partial charge on any atom is 0.0650 e. The molecule has 3 N–H and O–H groups in total. The molecule has 4 heteroatoms. The molecule has 0 spiro atoms. The molecule has 0 bridgehead atoms. The van der Waals surface area contributed by atoms with Crippen LogP contribution in [0.1, 0.15) is 0 Å². The van der Waals surface area contributed by atoms with Crippen LogP contribution in [-0.2, 0) is 0 Å². The van der Waals surface area contributed by atoms with Gasteiger partial charge in [0.2, 0.25) is 0 Å². The largest absolute Gasteiger partial charge is 0.314 e. The second-order valence-corrected chi connectivity index (χ2v) is 3.46. The molecule has 0 radical (unpaired) electrons. The highest BCUT2D eigenvalue weighted by Crippen LogP contribution is 2.06. The fraction of sp³-hybridized carbons (Fsp3) is 0.364. The number of nitrogens with zero attached hydrogens (tertiary/aromatic N) is 1. The van der Waals surface area contributed by atoms with Gasteiger partial charge in [-0.2, -0.15) is 5.10 Å². The topological polar surface area (TPSA) is 52.7 Å². The Hall–Kier alpha value is -1.39. The fourth-order valence-corrected chi connectivity index (χ4v) is 1.49. The molecule has 0 atom stereocenters. The molecule has 0 amide bonds. The van der Waals surface area contributed by atoms with E-state index in [0.29, 0.717) is 0 Å². The van der Waals surface area contributed by atoms with Crippen LogP contribution in [0.15, 0.2) is 30.5 Å². The summed E-state index contributed by atoms with van der Waals surface area (Å²) in [5.74, 6) is 0. The van der Waals surface area contributed by atoms with Crippen LogP contribution in [0.5, 0.6) is 0 Å². The summed E-state index contributed by atoms with van der Waals surface area (Å²) in [6.07, 6.45) is 1.81. The predicted octanol–water partition coefficient (Wildman–Crippen LogP) is 0.742. The fourth-order valence-electron chi connectivity index (χ4n) is 1.49. The molecule has 0 saturated carbocycles. The minimum Gasteiger partial charge on any atom is -0.314 e. The molecule has 80 valence electrons. The highest BCUT2D eigenvalue weighted by Gasteiger charge is 1.91. The summed E-state index contributed by atoms with van der Waals surface area (Å²) in [5, 5.41) is 14.4. The first-order valence-corrected chi connectivity index (χ1v) is 5.26. The average molecular weight is 204 g/mol. The summed E-state index contributed by atoms with van der Waals surface area (Å²) in [6.45, 7) is 4.56. The number of benzene rings is 1. The number of aromatic amines is 1. The Bertz CT molecular complexity index is 350. The maximum atomic E-state index is 3.88. The molecule has 1 aromatic carbocycles. The van der Waals surface area contributed by atoms with E-state index < -0.39 is 0 Å². The smallest absolute Gasteiger partial charge is 0.0650 e. The molecule has 1 aliphatic heterocycles. The number of hydrogen-bond donors (Lipinski definition) is 3. The first-order valence-electron chi connectivity index (χ1n) is 5.26. The lowest BCUT2D eigenvalue weighted by atomic mass is 10.3. The predicted molar refractivity (Wildman–Crippen MR) is 61.8 cm³/mol. The summed E-state index contributed by atoms with van der Waals surface area (Å²) in [7, 11) is 0. The maximum absolute atomic E-state index is 3.88. The van der Waals surface area contributed by atoms with Crippen LogP contribution < -0.4 is 10.6 Å². The van der Waals surface area contributed by atoms with Gasteiger partial charge in [-0.25, -0.2) is 0 Å². The Morgan fingerprint density at radius 3 is 2.20 bits per heavy atom. The number of aromatic nitrogens is 2. The van der Waals surface area contributed by atoms with Crippen LogP contribution in [0, 0.1) is 0 Å². The van der Waals surface area contributed by atoms with Gasteiger partial charge >= 0.3 is 0 Å². The Labute approximate surface area is 89.1 Å². The van der Waals surface area contributed by atoms with Gasteiger partial charge in [0.25, 0.3) is 0 Å². The third-order valence-corrected chi connectivity index (χ3v) is 2.31. The van der Waals surface area contributed by atoms with Gasteiger partial charge in [-0.3, -0.25) is 5.10 Å². The number of hydrogen-bond acceptors (Lipinski definition) is 3. The van der Waals surface area contributed by atoms with Crippen molar-refractivity contribution in [2.24, 2.45) is 0 Å². The standard InChI is InChI=1S/C7H6N2.C4H10N2/c1-2-4-7-6(3-1)5-8-9-7;1-2-6-4-3-5-1/h1-5H,(H,8,9);5-6H,1-4H2. The van der Waals surface area contributed by atoms with Crippen molar-refractivity contribution in [1.29, 1.82) is 0 Å². The average Bonchev–Trinajstić information content (AvgIpc) is 2.80. The Morgan fingerprint density at radius 2 is 1.60 bits per heavy atom. The summed E-state index contributed by atoms with van der Waals surface area (Å²) < 4.78 is 0. The summed E-state index contributed by atoms with van der Waals surface area (Å²) >= 11 is 0. The van der Waals surface area contributed by atoms with E-state index in [1.165, 1.54) is 0 Å². The van der Waals surface area contributed by atoms with Crippen molar-refractivity contribution >= 4 is 10.9 Å². The first kappa shape index (κ1) is 10.1. The molecule has 0 unspecified atom stereocenters. The zero-order valence-corrected chi connectivity index (χ0v) is 8.66. The molecular weight excluding hydrogens is 188 g/mol. The van der Waals surface area contributed by atoms with Crippen molar-refractivity contribution in [2.75, 3.05) is 26.2 Å². The van der Waals surface area contributed by atoms with Gasteiger partial charge in [0.05, 0.1) is 11.7 Å². The van der Waals surface area contributed by atoms with Crippen LogP contribution in [0.4, 0.5) is 0 Å². The number of piperazine rings is 1. The van der Waals surface area contributed by atoms with E-state index in [2.05, 4.69) is 20.8 Å². The number of nitrogens with one attached hydrogen (secondary N) is 3. The quantitative estimate of drug-likeness (QED) is 0.593. The molecule has 4 nitrogen and oxygen atoms in total. The van der Waals surface area contributed by atoms with E-state index in [-0.39, 0.29) is 0 Å². The van der Waals surface area contributed by atoms with Crippen LogP contribution in [0.2, 0.25) is 0 Å². The molecule has 0 aliphatic carbocycles. The Morgan fingerprint density at radius 1 is 0.933 bits per heavy atom. The number of H-pyrrole nitrogens is 1. The van der Waals surface area contributed by atoms with Gasteiger partial charge in [-0.05, 0) is 6.07 Å². The van der Waals surface area contributed by atoms with E-state index in [1.54, 1.807) is 0 Å². The molecular formula is C11H16N4. The molecule has 1 aromatic heterocycles. The number of fused-ring (bicyclic) bond motifs is 1. The van der Waals surface area contributed by atoms with Crippen molar-refractivity contribution in [3.05, 3.63) is 30.5 Å². The third-order valence-electron chi connectivity index (χ3n) is 2.31. The van der Waals surface area contributed by atoms with Gasteiger partial charge in [-0.1, -0.05) is 18.2 Å². The Balaban J connectivity index is 0.000000124. The first-order chi connectivity index (χ1) is 7.47. The van der Waals surface area contributed by atoms with Crippen molar-refractivity contribution in [3.8, 4) is 0 Å². The molecule has 3 rings (SSSR count). The lowest BCUT2D eigenvalue weighted by Gasteiger charge is -2.11. The van der Waals surface area contributed by atoms with E-state index >= 15 is 0 Å². The summed E-state index contributed by atoms with van der Waals surface area (Å²) in [5.41, 5.74) is 1.09. The van der Waals surface area contributed by atoms with Crippen molar-refractivity contribution < 1.29 is 0 Å². The van der Waals surface area contributed by atoms with Gasteiger partial charge in [0, 0.05) is 31.6 Å². The minimum absolute atomic E-state index is 1.09. The van der Waals surface area contributed by atoms with Gasteiger partial charge in [0.15, 0.2) is 0 Å². The highest BCUT2D eigenvalue weighted by atomic mass is 15.1. The van der Waals surface area contributed by atoms with Crippen LogP contribution >= 0.6 is 0 Å². The van der Waals surface area contributed by atoms with E-state index in [0.717, 1.165) is 37.1 Å². The van der Waals surface area contributed by atoms with Crippen LogP contribution in [0.25, 0.3) is 10.9 Å². The molecule has 1 aliphatic rings. The monoisotopic (exact) mass is 204 g/mol. The number of rotatable bonds is 0. The van der Waals surface area contributed by atoms with E-state index in [1.807, 2.05) is 30.5 Å². The molecule has 1 saturated heterocycles. The number of para-hydroxylation sites is 1. The minimum atomic E-state index is 1.09. The van der Waals surface area contributed by atoms with Crippen LogP contribution in [0.3, 0.4) is 0 Å². The molecule has 2 heterocycles. The van der Waals surface area contributed by atoms with Gasteiger partial charge in [0.1, 0.15) is 0 Å². The Kier molecular flexibility index (Phi) is 3.70. The third kappa shape index (κ3) is 3.04. The van der Waals surface area contributed by atoms with Crippen LogP contribution in [-0.4, -0.2) is 36.4 Å². The van der Waals surface area contributed by atoms with Gasteiger partial charge in [-0.15, -0.1) is 0 Å². The molecule has 2 aromatic rings. The van der Waals surface area contributed by atoms with E-state index in [4.69, 9.17) is 0 Å². The summed E-state index contributed by atoms with van der Waals surface area (Å²) in [6, 6.07) is 8.01. The van der Waals surface area contributed by atoms with Crippen molar-refractivity contribution in [2.45, 2.75) is 0 Å². The van der Waals surface area contributed by atoms with Crippen molar-refractivity contribution in [3.63, 3.8) is 0 Å². The second kappa shape index (κ2) is 5.48. The van der Waals surface area contributed by atoms with Crippen molar-refractivity contribution in [1.82, 2.24) is 20.8 Å². The highest BCUT2D eigenvalue weighted by molar-refractivity contribution is 5.77. The van der Waals surface area contributed by atoms with E-state index in [9.17, 15) is 0 Å². The zero-order valence-electron chi connectivity index (χ0n) is 8.66. The second-order valence-electron chi connectivity index (χ2n) is 3.46. The molecule has 15 heavy (non-hydrogen) atoms. The zero-order chi connectivity index (χ0) is 10.3. The normalized spacial score (nSPS) is 15.7. The van der Waals surface area contributed by atoms with Gasteiger partial charge < -0.3 is 10.6 Å². The lowest BCUT2D eigenvalue weighted by molar-refractivity contribution is 0.534.